The van der Waals surface area contributed by atoms with Gasteiger partial charge in [0.1, 0.15) is 22.3 Å². The van der Waals surface area contributed by atoms with Crippen LogP contribution in [0, 0.1) is 5.92 Å². The summed E-state index contributed by atoms with van der Waals surface area (Å²) < 4.78 is 15.4. The van der Waals surface area contributed by atoms with Crippen LogP contribution in [0.2, 0.25) is 0 Å². The monoisotopic (exact) mass is 864 g/mol. The van der Waals surface area contributed by atoms with Gasteiger partial charge in [0.15, 0.2) is 0 Å². The third kappa shape index (κ3) is 6.69. The Morgan fingerprint density at radius 3 is 2.06 bits per heavy atom. The summed E-state index contributed by atoms with van der Waals surface area (Å²) in [5, 5.41) is 5.90. The van der Waals surface area contributed by atoms with Gasteiger partial charge in [0.05, 0.1) is 11.6 Å². The number of para-hydroxylation sites is 2. The van der Waals surface area contributed by atoms with E-state index in [0.29, 0.717) is 0 Å². The summed E-state index contributed by atoms with van der Waals surface area (Å²) in [5.74, 6) is 0.140. The van der Waals surface area contributed by atoms with Crippen LogP contribution < -0.4 is 0 Å². The zero-order valence-electron chi connectivity index (χ0n) is 37.5. The Morgan fingerprint density at radius 1 is 0.537 bits per heavy atom. The minimum Gasteiger partial charge on any atom is -0.456 e. The molecule has 0 bridgehead atoms. The predicted molar refractivity (Wildman–Crippen MR) is 279 cm³/mol. The summed E-state index contributed by atoms with van der Waals surface area (Å²) in [6, 6.07) is 65.8. The summed E-state index contributed by atoms with van der Waals surface area (Å²) in [6.45, 7) is 2.32. The first-order valence-corrected chi connectivity index (χ1v) is 23.9. The van der Waals surface area contributed by atoms with E-state index in [1.807, 2.05) is 12.1 Å². The second kappa shape index (κ2) is 16.2. The number of nitrogens with zero attached hydrogens (tertiary/aromatic N) is 2. The van der Waals surface area contributed by atoms with Gasteiger partial charge in [0.2, 0.25) is 0 Å². The molecule has 2 atom stereocenters. The molecule has 0 radical (unpaired) electrons. The van der Waals surface area contributed by atoms with Gasteiger partial charge in [-0.15, -0.1) is 0 Å². The summed E-state index contributed by atoms with van der Waals surface area (Å²) in [6.07, 6.45) is 11.9. The van der Waals surface area contributed by atoms with Crippen LogP contribution in [0.4, 0.5) is 0 Å². The molecule has 0 amide bonds. The van der Waals surface area contributed by atoms with Crippen LogP contribution in [0.3, 0.4) is 0 Å². The van der Waals surface area contributed by atoms with E-state index in [1.165, 1.54) is 66.6 Å². The Bertz CT molecular complexity index is 3790. The lowest BCUT2D eigenvalue weighted by atomic mass is 9.79. The Balaban J connectivity index is 0.875. The van der Waals surface area contributed by atoms with Gasteiger partial charge in [-0.05, 0) is 137 Å². The molecule has 13 rings (SSSR count). The van der Waals surface area contributed by atoms with Crippen LogP contribution in [-0.4, -0.2) is 10.3 Å². The molecule has 1 aliphatic carbocycles. The van der Waals surface area contributed by atoms with Gasteiger partial charge in [-0.2, -0.15) is 0 Å². The first kappa shape index (κ1) is 39.4. The fraction of sp³-hybridized carbons (Fsp3) is 0.127. The van der Waals surface area contributed by atoms with E-state index in [4.69, 9.17) is 13.8 Å². The van der Waals surface area contributed by atoms with Crippen LogP contribution in [0.25, 0.3) is 94.4 Å². The molecule has 2 unspecified atom stereocenters. The number of fused-ring (bicyclic) bond motifs is 9. The van der Waals surface area contributed by atoms with Crippen molar-refractivity contribution in [3.05, 3.63) is 222 Å². The van der Waals surface area contributed by atoms with Gasteiger partial charge >= 0.3 is 0 Å². The van der Waals surface area contributed by atoms with Crippen molar-refractivity contribution in [2.24, 2.45) is 10.9 Å². The highest BCUT2D eigenvalue weighted by Crippen LogP contribution is 2.46. The molecular formula is C63H48N2O2. The largest absolute Gasteiger partial charge is 0.456 e. The van der Waals surface area contributed by atoms with Crippen LogP contribution in [0.15, 0.2) is 208 Å². The molecule has 2 aliphatic rings. The molecule has 0 spiro atoms. The standard InChI is InChI=1S/C63H48N2O2/c1-2-47-48(21-13-23-55(64-63(47)42-15-5-3-6-16-42)41-29-27-40(28-30-41)45-31-34-51-50-20-10-12-25-58(50)67-61(51)39-45)52-22-14-26-60-62(52)54-38-44(33-36-59(54)66-60)43-32-35-57-53(37-43)49-19-9-11-24-56(49)65(57)46-17-7-4-8-18-46/h3-10,12,14-22,25-39,47,63H,2,11,13,23-24H2,1H3/b48-21+,64-55?. The number of aliphatic imine (C=N–C) groups is 1. The predicted octanol–water partition coefficient (Wildman–Crippen LogP) is 17.2. The van der Waals surface area contributed by atoms with Gasteiger partial charge in [-0.3, -0.25) is 4.99 Å². The number of allylic oxidation sites excluding steroid dienone is 2. The Morgan fingerprint density at radius 2 is 1.21 bits per heavy atom. The van der Waals surface area contributed by atoms with Crippen molar-refractivity contribution in [2.45, 2.75) is 45.1 Å². The number of benzene rings is 8. The normalized spacial score (nSPS) is 17.1. The third-order valence-electron chi connectivity index (χ3n) is 14.4. The van der Waals surface area contributed by atoms with Crippen LogP contribution in [-0.2, 0) is 6.42 Å². The quantitative estimate of drug-likeness (QED) is 0.160. The van der Waals surface area contributed by atoms with E-state index < -0.39 is 0 Å². The molecule has 4 heteroatoms. The van der Waals surface area contributed by atoms with Crippen LogP contribution in [0.5, 0.6) is 0 Å². The second-order valence-corrected chi connectivity index (χ2v) is 18.2. The molecule has 0 fully saturated rings. The zero-order chi connectivity index (χ0) is 44.4. The summed E-state index contributed by atoms with van der Waals surface area (Å²) in [7, 11) is 0. The van der Waals surface area contributed by atoms with Gasteiger partial charge in [-0.25, -0.2) is 0 Å². The van der Waals surface area contributed by atoms with Crippen LogP contribution in [0.1, 0.15) is 66.6 Å². The fourth-order valence-corrected chi connectivity index (χ4v) is 11.2. The lowest BCUT2D eigenvalue weighted by Crippen LogP contribution is -2.18. The first-order valence-electron chi connectivity index (χ1n) is 23.9. The molecular weight excluding hydrogens is 817 g/mol. The molecule has 0 saturated carbocycles. The molecule has 0 N–H and O–H groups in total. The van der Waals surface area contributed by atoms with E-state index in [9.17, 15) is 0 Å². The summed E-state index contributed by atoms with van der Waals surface area (Å²) in [4.78, 5) is 5.76. The third-order valence-corrected chi connectivity index (χ3v) is 14.4. The van der Waals surface area contributed by atoms with Crippen molar-refractivity contribution < 1.29 is 8.83 Å². The number of hydrogen-bond acceptors (Lipinski definition) is 3. The summed E-state index contributed by atoms with van der Waals surface area (Å²) >= 11 is 0. The average Bonchev–Trinajstić information content (AvgIpc) is 4.06. The molecule has 4 heterocycles. The van der Waals surface area contributed by atoms with Gasteiger partial charge in [-0.1, -0.05) is 146 Å². The maximum atomic E-state index is 6.69. The van der Waals surface area contributed by atoms with Crippen molar-refractivity contribution in [1.82, 2.24) is 4.57 Å². The lowest BCUT2D eigenvalue weighted by molar-refractivity contribution is 0.519. The Labute approximate surface area is 389 Å². The van der Waals surface area contributed by atoms with E-state index >= 15 is 0 Å². The zero-order valence-corrected chi connectivity index (χ0v) is 37.5. The molecule has 11 aromatic rings. The van der Waals surface area contributed by atoms with Gasteiger partial charge < -0.3 is 13.4 Å². The molecule has 1 aliphatic heterocycles. The minimum absolute atomic E-state index is 0.0678. The number of furan rings is 2. The van der Waals surface area contributed by atoms with Crippen molar-refractivity contribution in [3.63, 3.8) is 0 Å². The van der Waals surface area contributed by atoms with E-state index in [0.717, 1.165) is 87.4 Å². The first-order chi connectivity index (χ1) is 33.2. The van der Waals surface area contributed by atoms with Crippen molar-refractivity contribution in [3.8, 4) is 27.9 Å². The van der Waals surface area contributed by atoms with Crippen molar-refractivity contribution >= 4 is 72.1 Å². The van der Waals surface area contributed by atoms with E-state index in [2.05, 4.69) is 200 Å². The number of rotatable bonds is 7. The van der Waals surface area contributed by atoms with Gasteiger partial charge in [0, 0.05) is 55.5 Å². The Kier molecular flexibility index (Phi) is 9.52. The van der Waals surface area contributed by atoms with Crippen LogP contribution >= 0.6 is 0 Å². The van der Waals surface area contributed by atoms with E-state index in [-0.39, 0.29) is 12.0 Å². The maximum Gasteiger partial charge on any atom is 0.136 e. The van der Waals surface area contributed by atoms with Crippen molar-refractivity contribution in [2.75, 3.05) is 0 Å². The molecule has 67 heavy (non-hydrogen) atoms. The highest BCUT2D eigenvalue weighted by molar-refractivity contribution is 6.12. The SMILES string of the molecule is CCC1/C(c2cccc3oc4ccc(-c5ccc6c(c5)c5c(n6-c6ccccc6)CCC=C5)cc4c23)=C\CCC(c2ccc(-c3ccc4c(c3)oc3ccccc34)cc2)=NC1c1ccccc1. The highest BCUT2D eigenvalue weighted by Gasteiger charge is 2.30. The average molecular weight is 865 g/mol. The second-order valence-electron chi connectivity index (χ2n) is 18.2. The molecule has 322 valence electrons. The molecule has 3 aromatic heterocycles. The molecule has 8 aromatic carbocycles. The number of aromatic nitrogens is 1. The van der Waals surface area contributed by atoms with Gasteiger partial charge in [0.25, 0.3) is 0 Å². The van der Waals surface area contributed by atoms with E-state index in [1.54, 1.807) is 0 Å². The number of hydrogen-bond donors (Lipinski definition) is 0. The molecule has 0 saturated heterocycles. The van der Waals surface area contributed by atoms with Crippen molar-refractivity contribution in [1.29, 1.82) is 0 Å². The topological polar surface area (TPSA) is 43.6 Å². The fourth-order valence-electron chi connectivity index (χ4n) is 11.2. The molecule has 4 nitrogen and oxygen atoms in total. The smallest absolute Gasteiger partial charge is 0.136 e. The maximum absolute atomic E-state index is 6.69. The lowest BCUT2D eigenvalue weighted by Gasteiger charge is -2.30. The highest BCUT2D eigenvalue weighted by atomic mass is 16.3. The summed E-state index contributed by atoms with van der Waals surface area (Å²) in [5.41, 5.74) is 19.6. The Hall–Kier alpha value is -7.95. The minimum atomic E-state index is -0.0678.